The first kappa shape index (κ1) is 15.9. The number of halogens is 3. The highest BCUT2D eigenvalue weighted by atomic mass is 19.4. The van der Waals surface area contributed by atoms with Crippen LogP contribution >= 0.6 is 0 Å². The Morgan fingerprint density at radius 3 is 2.62 bits per heavy atom. The van der Waals surface area contributed by atoms with E-state index in [0.29, 0.717) is 30.4 Å². The van der Waals surface area contributed by atoms with Gasteiger partial charge in [-0.2, -0.15) is 13.2 Å². The van der Waals surface area contributed by atoms with Crippen molar-refractivity contribution in [3.8, 4) is 0 Å². The third-order valence-corrected chi connectivity index (χ3v) is 6.08. The summed E-state index contributed by atoms with van der Waals surface area (Å²) in [5, 5.41) is 0. The lowest BCUT2D eigenvalue weighted by atomic mass is 9.72. The highest BCUT2D eigenvalue weighted by Crippen LogP contribution is 2.49. The van der Waals surface area contributed by atoms with Crippen LogP contribution in [0.4, 0.5) is 13.2 Å². The van der Waals surface area contributed by atoms with E-state index in [0.717, 1.165) is 30.9 Å². The molecule has 2 fully saturated rings. The van der Waals surface area contributed by atoms with Crippen molar-refractivity contribution in [3.63, 3.8) is 0 Å². The van der Waals surface area contributed by atoms with Gasteiger partial charge in [0.1, 0.15) is 0 Å². The normalized spacial score (nSPS) is 32.1. The summed E-state index contributed by atoms with van der Waals surface area (Å²) in [6.45, 7) is 0.880. The minimum atomic E-state index is -4.35. The smallest absolute Gasteiger partial charge is 0.338 e. The van der Waals surface area contributed by atoms with Crippen molar-refractivity contribution < 1.29 is 18.0 Å². The van der Waals surface area contributed by atoms with Crippen LogP contribution in [0.1, 0.15) is 36.0 Å². The molecule has 4 rings (SSSR count). The third kappa shape index (κ3) is 2.61. The van der Waals surface area contributed by atoms with Crippen LogP contribution in [-0.4, -0.2) is 23.4 Å². The molecule has 2 aliphatic carbocycles. The molecule has 4 atom stereocenters. The molecular weight excluding hydrogens is 317 g/mol. The molecule has 4 unspecified atom stereocenters. The van der Waals surface area contributed by atoms with Gasteiger partial charge in [-0.05, 0) is 60.8 Å². The first-order valence-corrected chi connectivity index (χ1v) is 8.56. The average Bonchev–Trinajstić information content (AvgIpc) is 2.89. The molecule has 2 saturated carbocycles. The number of carbonyl (C=O) groups is 1. The Morgan fingerprint density at radius 2 is 1.96 bits per heavy atom. The van der Waals surface area contributed by atoms with Gasteiger partial charge in [-0.3, -0.25) is 4.79 Å². The number of hydrogen-bond acceptors (Lipinski definition) is 2. The quantitative estimate of drug-likeness (QED) is 0.856. The first-order chi connectivity index (χ1) is 11.3. The zero-order valence-corrected chi connectivity index (χ0v) is 13.4. The number of hydrogen-bond donors (Lipinski definition) is 1. The van der Waals surface area contributed by atoms with E-state index in [2.05, 4.69) is 0 Å². The molecular formula is C18H21F3N2O. The van der Waals surface area contributed by atoms with Crippen molar-refractivity contribution in [2.75, 3.05) is 6.54 Å². The van der Waals surface area contributed by atoms with E-state index in [1.807, 2.05) is 0 Å². The Bertz CT molecular complexity index is 673. The summed E-state index contributed by atoms with van der Waals surface area (Å²) in [5.74, 6) is 1.14. The minimum Gasteiger partial charge on any atom is -0.338 e. The van der Waals surface area contributed by atoms with Crippen LogP contribution < -0.4 is 5.73 Å². The first-order valence-electron chi connectivity index (χ1n) is 8.56. The SMILES string of the molecule is NC1CC2CC(C(=O)N3CCc4ccc(C(F)(F)F)cc4C3)CC12. The molecule has 130 valence electrons. The van der Waals surface area contributed by atoms with Gasteiger partial charge in [0.05, 0.1) is 5.56 Å². The van der Waals surface area contributed by atoms with Crippen LogP contribution in [0.5, 0.6) is 0 Å². The third-order valence-electron chi connectivity index (χ3n) is 6.08. The summed E-state index contributed by atoms with van der Waals surface area (Å²) in [4.78, 5) is 14.5. The summed E-state index contributed by atoms with van der Waals surface area (Å²) >= 11 is 0. The molecule has 3 aliphatic rings. The lowest BCUT2D eigenvalue weighted by molar-refractivity contribution is -0.137. The summed E-state index contributed by atoms with van der Waals surface area (Å²) in [6, 6.07) is 4.11. The largest absolute Gasteiger partial charge is 0.416 e. The molecule has 3 nitrogen and oxygen atoms in total. The molecule has 0 spiro atoms. The molecule has 1 heterocycles. The van der Waals surface area contributed by atoms with Gasteiger partial charge in [-0.1, -0.05) is 6.07 Å². The zero-order chi connectivity index (χ0) is 17.1. The van der Waals surface area contributed by atoms with Crippen molar-refractivity contribution in [2.24, 2.45) is 23.5 Å². The van der Waals surface area contributed by atoms with Crippen LogP contribution in [0.25, 0.3) is 0 Å². The Kier molecular flexibility index (Phi) is 3.64. The molecule has 0 bridgehead atoms. The van der Waals surface area contributed by atoms with Gasteiger partial charge in [0, 0.05) is 25.0 Å². The molecule has 1 aliphatic heterocycles. The second kappa shape index (κ2) is 5.48. The van der Waals surface area contributed by atoms with Crippen molar-refractivity contribution in [3.05, 3.63) is 34.9 Å². The molecule has 1 amide bonds. The molecule has 0 saturated heterocycles. The monoisotopic (exact) mass is 338 g/mol. The highest BCUT2D eigenvalue weighted by Gasteiger charge is 2.48. The molecule has 6 heteroatoms. The number of amides is 1. The Labute approximate surface area is 139 Å². The van der Waals surface area contributed by atoms with Crippen LogP contribution in [0.2, 0.25) is 0 Å². The van der Waals surface area contributed by atoms with Crippen molar-refractivity contribution in [2.45, 2.75) is 44.4 Å². The van der Waals surface area contributed by atoms with E-state index in [1.54, 1.807) is 11.0 Å². The maximum Gasteiger partial charge on any atom is 0.416 e. The number of nitrogens with zero attached hydrogens (tertiary/aromatic N) is 1. The second-order valence-electron chi connectivity index (χ2n) is 7.48. The van der Waals surface area contributed by atoms with E-state index in [1.165, 1.54) is 6.07 Å². The van der Waals surface area contributed by atoms with E-state index >= 15 is 0 Å². The van der Waals surface area contributed by atoms with Crippen molar-refractivity contribution in [1.29, 1.82) is 0 Å². The maximum atomic E-state index is 12.9. The Balaban J connectivity index is 1.48. The van der Waals surface area contributed by atoms with E-state index in [-0.39, 0.29) is 24.4 Å². The van der Waals surface area contributed by atoms with E-state index < -0.39 is 11.7 Å². The highest BCUT2D eigenvalue weighted by molar-refractivity contribution is 5.79. The molecule has 2 N–H and O–H groups in total. The van der Waals surface area contributed by atoms with Gasteiger partial charge in [0.15, 0.2) is 0 Å². The minimum absolute atomic E-state index is 0.000832. The van der Waals surface area contributed by atoms with Gasteiger partial charge < -0.3 is 10.6 Å². The van der Waals surface area contributed by atoms with Gasteiger partial charge >= 0.3 is 6.18 Å². The standard InChI is InChI=1S/C18H21F3N2O/c19-18(20,21)14-2-1-10-3-4-23(9-13(10)6-14)17(24)12-5-11-8-16(22)15(11)7-12/h1-2,6,11-12,15-16H,3-5,7-9,22H2. The van der Waals surface area contributed by atoms with Crippen LogP contribution in [-0.2, 0) is 23.9 Å². The summed E-state index contributed by atoms with van der Waals surface area (Å²) in [5.41, 5.74) is 6.90. The number of fused-ring (bicyclic) bond motifs is 2. The van der Waals surface area contributed by atoms with E-state index in [4.69, 9.17) is 5.73 Å². The fraction of sp³-hybridized carbons (Fsp3) is 0.611. The van der Waals surface area contributed by atoms with Gasteiger partial charge in [-0.15, -0.1) is 0 Å². The Hall–Kier alpha value is -1.56. The topological polar surface area (TPSA) is 46.3 Å². The number of alkyl halides is 3. The fourth-order valence-electron chi connectivity index (χ4n) is 4.66. The van der Waals surface area contributed by atoms with E-state index in [9.17, 15) is 18.0 Å². The number of nitrogens with two attached hydrogens (primary N) is 1. The van der Waals surface area contributed by atoms with Gasteiger partial charge in [-0.25, -0.2) is 0 Å². The van der Waals surface area contributed by atoms with Crippen molar-refractivity contribution >= 4 is 5.91 Å². The fourth-order valence-corrected chi connectivity index (χ4v) is 4.66. The van der Waals surface area contributed by atoms with Gasteiger partial charge in [0.25, 0.3) is 0 Å². The number of carbonyl (C=O) groups excluding carboxylic acids is 1. The van der Waals surface area contributed by atoms with Crippen molar-refractivity contribution in [1.82, 2.24) is 4.90 Å². The summed E-state index contributed by atoms with van der Waals surface area (Å²) < 4.78 is 38.7. The lowest BCUT2D eigenvalue weighted by Gasteiger charge is -2.37. The second-order valence-corrected chi connectivity index (χ2v) is 7.48. The average molecular weight is 338 g/mol. The molecule has 1 aromatic rings. The number of benzene rings is 1. The Morgan fingerprint density at radius 1 is 1.17 bits per heavy atom. The predicted molar refractivity (Wildman–Crippen MR) is 82.9 cm³/mol. The molecule has 1 aromatic carbocycles. The summed E-state index contributed by atoms with van der Waals surface area (Å²) in [7, 11) is 0. The lowest BCUT2D eigenvalue weighted by Crippen LogP contribution is -2.44. The number of rotatable bonds is 1. The van der Waals surface area contributed by atoms with Crippen LogP contribution in [0, 0.1) is 17.8 Å². The molecule has 0 aromatic heterocycles. The van der Waals surface area contributed by atoms with Gasteiger partial charge in [0.2, 0.25) is 5.91 Å². The maximum absolute atomic E-state index is 12.9. The summed E-state index contributed by atoms with van der Waals surface area (Å²) in [6.07, 6.45) is -0.980. The predicted octanol–water partition coefficient (Wildman–Crippen LogP) is 2.96. The zero-order valence-electron chi connectivity index (χ0n) is 13.4. The molecule has 0 radical (unpaired) electrons. The molecule has 24 heavy (non-hydrogen) atoms. The van der Waals surface area contributed by atoms with Crippen LogP contribution in [0.3, 0.4) is 0 Å². The van der Waals surface area contributed by atoms with Crippen LogP contribution in [0.15, 0.2) is 18.2 Å².